The second kappa shape index (κ2) is 6.99. The van der Waals surface area contributed by atoms with E-state index < -0.39 is 34.4 Å². The van der Waals surface area contributed by atoms with Crippen molar-refractivity contribution in [3.8, 4) is 0 Å². The molecule has 1 atom stereocenters. The van der Waals surface area contributed by atoms with Gasteiger partial charge in [-0.2, -0.15) is 0 Å². The van der Waals surface area contributed by atoms with E-state index in [0.717, 1.165) is 30.2 Å². The smallest absolute Gasteiger partial charge is 0.338 e. The number of esters is 1. The highest BCUT2D eigenvalue weighted by atomic mass is 32.2. The van der Waals surface area contributed by atoms with Crippen LogP contribution in [0.4, 0.5) is 0 Å². The van der Waals surface area contributed by atoms with E-state index in [1.54, 1.807) is 6.07 Å². The number of ether oxygens (including phenoxy) is 1. The van der Waals surface area contributed by atoms with Crippen LogP contribution in [-0.2, 0) is 32.2 Å². The maximum absolute atomic E-state index is 12.3. The second-order valence-corrected chi connectivity index (χ2v) is 9.52. The zero-order valence-electron chi connectivity index (χ0n) is 14.9. The maximum atomic E-state index is 12.3. The van der Waals surface area contributed by atoms with Gasteiger partial charge in [0.1, 0.15) is 0 Å². The van der Waals surface area contributed by atoms with Gasteiger partial charge in [-0.3, -0.25) is 4.79 Å². The van der Waals surface area contributed by atoms with Crippen LogP contribution >= 0.6 is 0 Å². The molecule has 1 fully saturated rings. The highest BCUT2D eigenvalue weighted by molar-refractivity contribution is 7.91. The number of H-pyrrole nitrogens is 1. The van der Waals surface area contributed by atoms with Gasteiger partial charge in [-0.1, -0.05) is 0 Å². The lowest BCUT2D eigenvalue weighted by Crippen LogP contribution is -2.38. The SMILES string of the molecule is O=C(COC(=O)c1ccc2[nH]c3c(c2c1)CCCC3)N[C@H]1CCS(=O)(=O)C1. The summed E-state index contributed by atoms with van der Waals surface area (Å²) in [5.74, 6) is -1.01. The number of aromatic amines is 1. The van der Waals surface area contributed by atoms with Gasteiger partial charge in [-0.15, -0.1) is 0 Å². The Morgan fingerprint density at radius 1 is 1.22 bits per heavy atom. The first kappa shape index (κ1) is 18.0. The number of amides is 1. The molecule has 4 rings (SSSR count). The summed E-state index contributed by atoms with van der Waals surface area (Å²) in [5.41, 5.74) is 3.93. The highest BCUT2D eigenvalue weighted by Gasteiger charge is 2.29. The van der Waals surface area contributed by atoms with Crippen molar-refractivity contribution >= 4 is 32.6 Å². The predicted molar refractivity (Wildman–Crippen MR) is 100 cm³/mol. The first-order chi connectivity index (χ1) is 12.9. The number of hydrogen-bond acceptors (Lipinski definition) is 5. The summed E-state index contributed by atoms with van der Waals surface area (Å²) in [6, 6.07) is 4.98. The number of nitrogens with one attached hydrogen (secondary N) is 2. The number of fused-ring (bicyclic) bond motifs is 3. The van der Waals surface area contributed by atoms with Gasteiger partial charge in [0.05, 0.1) is 17.1 Å². The average molecular weight is 390 g/mol. The minimum Gasteiger partial charge on any atom is -0.452 e. The van der Waals surface area contributed by atoms with E-state index >= 15 is 0 Å². The van der Waals surface area contributed by atoms with E-state index in [2.05, 4.69) is 10.3 Å². The van der Waals surface area contributed by atoms with Crippen molar-refractivity contribution in [3.05, 3.63) is 35.0 Å². The van der Waals surface area contributed by atoms with E-state index in [1.165, 1.54) is 17.7 Å². The van der Waals surface area contributed by atoms with Crippen LogP contribution in [0.3, 0.4) is 0 Å². The third-order valence-electron chi connectivity index (χ3n) is 5.27. The number of benzene rings is 1. The molecule has 1 saturated heterocycles. The molecule has 1 amide bonds. The largest absolute Gasteiger partial charge is 0.452 e. The van der Waals surface area contributed by atoms with Crippen molar-refractivity contribution in [1.82, 2.24) is 10.3 Å². The van der Waals surface area contributed by atoms with Crippen molar-refractivity contribution < 1.29 is 22.7 Å². The third-order valence-corrected chi connectivity index (χ3v) is 7.03. The molecule has 7 nitrogen and oxygen atoms in total. The van der Waals surface area contributed by atoms with Crippen LogP contribution in [0.2, 0.25) is 0 Å². The van der Waals surface area contributed by atoms with Crippen molar-refractivity contribution in [2.24, 2.45) is 0 Å². The Morgan fingerprint density at radius 3 is 2.81 bits per heavy atom. The summed E-state index contributed by atoms with van der Waals surface area (Å²) in [7, 11) is -3.06. The molecule has 27 heavy (non-hydrogen) atoms. The van der Waals surface area contributed by atoms with Gasteiger partial charge in [0.25, 0.3) is 5.91 Å². The van der Waals surface area contributed by atoms with Gasteiger partial charge in [0, 0.05) is 22.6 Å². The molecule has 2 N–H and O–H groups in total. The highest BCUT2D eigenvalue weighted by Crippen LogP contribution is 2.29. The van der Waals surface area contributed by atoms with Crippen molar-refractivity contribution in [1.29, 1.82) is 0 Å². The lowest BCUT2D eigenvalue weighted by atomic mass is 9.95. The summed E-state index contributed by atoms with van der Waals surface area (Å²) >= 11 is 0. The van der Waals surface area contributed by atoms with Crippen LogP contribution in [0.1, 0.15) is 40.9 Å². The monoisotopic (exact) mass is 390 g/mol. The van der Waals surface area contributed by atoms with Crippen molar-refractivity contribution in [2.45, 2.75) is 38.1 Å². The molecule has 2 aliphatic rings. The number of rotatable bonds is 4. The Bertz CT molecular complexity index is 1010. The van der Waals surface area contributed by atoms with Gasteiger partial charge in [0.2, 0.25) is 0 Å². The Hall–Kier alpha value is -2.35. The second-order valence-electron chi connectivity index (χ2n) is 7.29. The zero-order valence-corrected chi connectivity index (χ0v) is 15.7. The fraction of sp³-hybridized carbons (Fsp3) is 0.474. The minimum absolute atomic E-state index is 0.0536. The van der Waals surface area contributed by atoms with Gasteiger partial charge in [-0.25, -0.2) is 13.2 Å². The third kappa shape index (κ3) is 3.85. The van der Waals surface area contributed by atoms with Gasteiger partial charge < -0.3 is 15.0 Å². The van der Waals surface area contributed by atoms with E-state index in [-0.39, 0.29) is 11.5 Å². The standard InChI is InChI=1S/C19H22N2O5S/c22-18(20-13-7-8-27(24,25)11-13)10-26-19(23)12-5-6-17-15(9-12)14-3-1-2-4-16(14)21-17/h5-6,9,13,21H,1-4,7-8,10-11H2,(H,20,22)/t13-/m0/s1. The fourth-order valence-electron chi connectivity index (χ4n) is 3.93. The van der Waals surface area contributed by atoms with E-state index in [0.29, 0.717) is 12.0 Å². The molecule has 0 bridgehead atoms. The zero-order chi connectivity index (χ0) is 19.0. The summed E-state index contributed by atoms with van der Waals surface area (Å²) in [6.45, 7) is -0.418. The Balaban J connectivity index is 1.39. The van der Waals surface area contributed by atoms with Gasteiger partial charge in [-0.05, 0) is 55.9 Å². The molecule has 1 aliphatic carbocycles. The Labute approximate surface area is 157 Å². The van der Waals surface area contributed by atoms with Gasteiger partial charge in [0.15, 0.2) is 16.4 Å². The number of sulfone groups is 1. The fourth-order valence-corrected chi connectivity index (χ4v) is 5.60. The van der Waals surface area contributed by atoms with Gasteiger partial charge >= 0.3 is 5.97 Å². The Morgan fingerprint density at radius 2 is 2.04 bits per heavy atom. The first-order valence-electron chi connectivity index (χ1n) is 9.22. The number of carbonyl (C=O) groups is 2. The topological polar surface area (TPSA) is 105 Å². The predicted octanol–water partition coefficient (Wildman–Crippen LogP) is 1.51. The van der Waals surface area contributed by atoms with E-state index in [1.807, 2.05) is 12.1 Å². The molecule has 144 valence electrons. The number of hydrogen-bond donors (Lipinski definition) is 2. The Kier molecular flexibility index (Phi) is 4.67. The maximum Gasteiger partial charge on any atom is 0.338 e. The summed E-state index contributed by atoms with van der Waals surface area (Å²) in [5, 5.41) is 3.65. The normalized spacial score (nSPS) is 21.0. The molecule has 0 spiro atoms. The molecule has 2 aromatic rings. The van der Waals surface area contributed by atoms with Crippen LogP contribution < -0.4 is 5.32 Å². The lowest BCUT2D eigenvalue weighted by Gasteiger charge is -2.11. The molecule has 0 unspecified atom stereocenters. The summed E-state index contributed by atoms with van der Waals surface area (Å²) in [4.78, 5) is 27.6. The molecular weight excluding hydrogens is 368 g/mol. The van der Waals surface area contributed by atoms with E-state index in [4.69, 9.17) is 4.74 Å². The average Bonchev–Trinajstić information content (AvgIpc) is 3.18. The molecular formula is C19H22N2O5S. The van der Waals surface area contributed by atoms with E-state index in [9.17, 15) is 18.0 Å². The molecule has 0 saturated carbocycles. The molecule has 8 heteroatoms. The van der Waals surface area contributed by atoms with Crippen LogP contribution in [0, 0.1) is 0 Å². The van der Waals surface area contributed by atoms with Crippen LogP contribution in [0.25, 0.3) is 10.9 Å². The minimum atomic E-state index is -3.06. The molecule has 1 aromatic heterocycles. The summed E-state index contributed by atoms with van der Waals surface area (Å²) in [6.07, 6.45) is 4.75. The lowest BCUT2D eigenvalue weighted by molar-refractivity contribution is -0.124. The molecule has 1 aromatic carbocycles. The van der Waals surface area contributed by atoms with Crippen molar-refractivity contribution in [2.75, 3.05) is 18.1 Å². The molecule has 1 aliphatic heterocycles. The number of aryl methyl sites for hydroxylation is 2. The van der Waals surface area contributed by atoms with Crippen LogP contribution in [0.15, 0.2) is 18.2 Å². The van der Waals surface area contributed by atoms with Crippen LogP contribution in [-0.4, -0.2) is 49.4 Å². The summed E-state index contributed by atoms with van der Waals surface area (Å²) < 4.78 is 28.0. The van der Waals surface area contributed by atoms with Crippen LogP contribution in [0.5, 0.6) is 0 Å². The quantitative estimate of drug-likeness (QED) is 0.770. The number of carbonyl (C=O) groups excluding carboxylic acids is 2. The number of aromatic nitrogens is 1. The van der Waals surface area contributed by atoms with Crippen molar-refractivity contribution in [3.63, 3.8) is 0 Å². The molecule has 0 radical (unpaired) electrons. The first-order valence-corrected chi connectivity index (χ1v) is 11.0. The molecule has 2 heterocycles.